The smallest absolute Gasteiger partial charge is 0.175 e. The number of hydrogen-bond donors (Lipinski definition) is 1. The van der Waals surface area contributed by atoms with Crippen LogP contribution in [0.4, 0.5) is 0 Å². The third-order valence-corrected chi connectivity index (χ3v) is 3.22. The quantitative estimate of drug-likeness (QED) is 0.640. The first-order chi connectivity index (χ1) is 9.31. The minimum Gasteiger partial charge on any atom is -0.490 e. The molecule has 1 aliphatic rings. The molecule has 1 N–H and O–H groups in total. The normalized spacial score (nSPS) is 14.2. The number of benzene rings is 1. The molecule has 0 saturated carbocycles. The molecule has 0 spiro atoms. The minimum atomic E-state index is 0.516. The third-order valence-electron chi connectivity index (χ3n) is 2.63. The average Bonchev–Trinajstić information content (AvgIpc) is 2.64. The summed E-state index contributed by atoms with van der Waals surface area (Å²) in [5, 5.41) is 0. The van der Waals surface area contributed by atoms with Gasteiger partial charge >= 0.3 is 0 Å². The summed E-state index contributed by atoms with van der Waals surface area (Å²) in [5.41, 5.74) is 3.95. The Morgan fingerprint density at radius 1 is 1.26 bits per heavy atom. The third kappa shape index (κ3) is 4.35. The van der Waals surface area contributed by atoms with Gasteiger partial charge in [0.05, 0.1) is 30.9 Å². The first-order valence-electron chi connectivity index (χ1n) is 6.23. The van der Waals surface area contributed by atoms with Gasteiger partial charge in [-0.25, -0.2) is 0 Å². The molecule has 0 saturated heterocycles. The van der Waals surface area contributed by atoms with Crippen LogP contribution in [0.25, 0.3) is 0 Å². The van der Waals surface area contributed by atoms with Crippen molar-refractivity contribution in [2.75, 3.05) is 33.5 Å². The Kier molecular flexibility index (Phi) is 5.91. The van der Waals surface area contributed by atoms with Crippen molar-refractivity contribution >= 4 is 15.9 Å². The van der Waals surface area contributed by atoms with Crippen LogP contribution in [-0.4, -0.2) is 33.5 Å². The second-order valence-electron chi connectivity index (χ2n) is 4.12. The maximum Gasteiger partial charge on any atom is 0.175 e. The lowest BCUT2D eigenvalue weighted by atomic mass is 10.2. The summed E-state index contributed by atoms with van der Waals surface area (Å²) in [6.07, 6.45) is 0.898. The molecule has 0 unspecified atom stereocenters. The molecule has 0 amide bonds. The fraction of sp³-hybridized carbons (Fsp3) is 0.538. The van der Waals surface area contributed by atoms with E-state index in [9.17, 15) is 0 Å². The van der Waals surface area contributed by atoms with Crippen LogP contribution in [-0.2, 0) is 16.1 Å². The first-order valence-corrected chi connectivity index (χ1v) is 7.02. The van der Waals surface area contributed by atoms with Gasteiger partial charge in [-0.15, -0.1) is 0 Å². The van der Waals surface area contributed by atoms with Crippen LogP contribution in [0.2, 0.25) is 0 Å². The molecule has 6 heteroatoms. The number of methoxy groups -OCH3 is 1. The van der Waals surface area contributed by atoms with E-state index in [1.165, 1.54) is 0 Å². The molecule has 2 rings (SSSR count). The summed E-state index contributed by atoms with van der Waals surface area (Å²) >= 11 is 3.51. The Bertz CT molecular complexity index is 414. The van der Waals surface area contributed by atoms with Crippen molar-refractivity contribution in [2.45, 2.75) is 13.0 Å². The van der Waals surface area contributed by atoms with Crippen molar-refractivity contribution in [1.29, 1.82) is 0 Å². The Balaban J connectivity index is 1.94. The van der Waals surface area contributed by atoms with Crippen molar-refractivity contribution in [2.24, 2.45) is 0 Å². The maximum absolute atomic E-state index is 5.67. The van der Waals surface area contributed by atoms with E-state index >= 15 is 0 Å². The summed E-state index contributed by atoms with van der Waals surface area (Å²) < 4.78 is 17.1. The van der Waals surface area contributed by atoms with Crippen molar-refractivity contribution < 1.29 is 19.0 Å². The van der Waals surface area contributed by atoms with Gasteiger partial charge < -0.3 is 14.2 Å². The van der Waals surface area contributed by atoms with E-state index in [2.05, 4.69) is 21.4 Å². The summed E-state index contributed by atoms with van der Waals surface area (Å²) in [4.78, 5) is 5.22. The van der Waals surface area contributed by atoms with E-state index in [0.717, 1.165) is 28.0 Å². The van der Waals surface area contributed by atoms with E-state index < -0.39 is 0 Å². The van der Waals surface area contributed by atoms with Crippen LogP contribution in [0.3, 0.4) is 0 Å². The summed E-state index contributed by atoms with van der Waals surface area (Å²) in [6.45, 7) is 3.04. The first kappa shape index (κ1) is 14.6. The second kappa shape index (κ2) is 7.69. The zero-order valence-electron chi connectivity index (χ0n) is 10.9. The van der Waals surface area contributed by atoms with Gasteiger partial charge in [-0.1, -0.05) is 0 Å². The number of hydrogen-bond acceptors (Lipinski definition) is 5. The summed E-state index contributed by atoms with van der Waals surface area (Å²) in [5.74, 6) is 1.56. The van der Waals surface area contributed by atoms with Gasteiger partial charge in [-0.2, -0.15) is 5.48 Å². The number of hydroxylamine groups is 1. The van der Waals surface area contributed by atoms with Crippen molar-refractivity contribution in [3.8, 4) is 11.5 Å². The van der Waals surface area contributed by atoms with Crippen LogP contribution < -0.4 is 15.0 Å². The van der Waals surface area contributed by atoms with Gasteiger partial charge in [0, 0.05) is 20.1 Å². The van der Waals surface area contributed by atoms with Gasteiger partial charge in [0.15, 0.2) is 11.5 Å². The monoisotopic (exact) mass is 331 g/mol. The molecule has 19 heavy (non-hydrogen) atoms. The zero-order chi connectivity index (χ0) is 13.5. The standard InChI is InChI=1S/C13H18BrNO4/c1-16-5-6-19-15-9-10-7-11(14)13-12(8-10)17-3-2-4-18-13/h7-8,15H,2-6,9H2,1H3. The van der Waals surface area contributed by atoms with Gasteiger partial charge in [0.25, 0.3) is 0 Å². The van der Waals surface area contributed by atoms with E-state index in [4.69, 9.17) is 19.0 Å². The van der Waals surface area contributed by atoms with Crippen molar-refractivity contribution in [3.63, 3.8) is 0 Å². The van der Waals surface area contributed by atoms with Crippen molar-refractivity contribution in [3.05, 3.63) is 22.2 Å². The molecule has 0 atom stereocenters. The molecule has 1 aliphatic heterocycles. The molecular formula is C13H18BrNO4. The molecule has 5 nitrogen and oxygen atoms in total. The number of fused-ring (bicyclic) bond motifs is 1. The van der Waals surface area contributed by atoms with Gasteiger partial charge in [0.2, 0.25) is 0 Å². The fourth-order valence-electron chi connectivity index (χ4n) is 1.72. The lowest BCUT2D eigenvalue weighted by Gasteiger charge is -2.12. The van der Waals surface area contributed by atoms with Crippen LogP contribution in [0.1, 0.15) is 12.0 Å². The van der Waals surface area contributed by atoms with Crippen molar-refractivity contribution in [1.82, 2.24) is 5.48 Å². The molecule has 0 bridgehead atoms. The SMILES string of the molecule is COCCONCc1cc(Br)c2c(c1)OCCCO2. The van der Waals surface area contributed by atoms with Gasteiger partial charge in [0.1, 0.15) is 0 Å². The molecule has 1 aromatic rings. The Morgan fingerprint density at radius 2 is 2.11 bits per heavy atom. The van der Waals surface area contributed by atoms with Gasteiger partial charge in [-0.05, 0) is 33.6 Å². The predicted molar refractivity (Wildman–Crippen MR) is 74.4 cm³/mol. The zero-order valence-corrected chi connectivity index (χ0v) is 12.5. The Morgan fingerprint density at radius 3 is 2.95 bits per heavy atom. The van der Waals surface area contributed by atoms with E-state index in [1.807, 2.05) is 12.1 Å². The van der Waals surface area contributed by atoms with Crippen LogP contribution in [0, 0.1) is 0 Å². The van der Waals surface area contributed by atoms with E-state index in [0.29, 0.717) is 33.0 Å². The Hall–Kier alpha value is -0.820. The molecule has 0 fully saturated rings. The number of halogens is 1. The highest BCUT2D eigenvalue weighted by Gasteiger charge is 2.15. The van der Waals surface area contributed by atoms with Gasteiger partial charge in [-0.3, -0.25) is 4.84 Å². The highest BCUT2D eigenvalue weighted by Crippen LogP contribution is 2.38. The number of nitrogens with one attached hydrogen (secondary N) is 1. The van der Waals surface area contributed by atoms with Crippen LogP contribution in [0.5, 0.6) is 11.5 Å². The highest BCUT2D eigenvalue weighted by atomic mass is 79.9. The number of rotatable bonds is 6. The Labute approximate surface area is 121 Å². The second-order valence-corrected chi connectivity index (χ2v) is 4.97. The average molecular weight is 332 g/mol. The predicted octanol–water partition coefficient (Wildman–Crippen LogP) is 2.28. The summed E-state index contributed by atoms with van der Waals surface area (Å²) in [6, 6.07) is 3.97. The molecule has 0 aliphatic carbocycles. The van der Waals surface area contributed by atoms with E-state index in [1.54, 1.807) is 7.11 Å². The minimum absolute atomic E-state index is 0.516. The fourth-order valence-corrected chi connectivity index (χ4v) is 2.32. The number of ether oxygens (including phenoxy) is 3. The van der Waals surface area contributed by atoms with E-state index in [-0.39, 0.29) is 0 Å². The lowest BCUT2D eigenvalue weighted by Crippen LogP contribution is -2.17. The largest absolute Gasteiger partial charge is 0.490 e. The molecule has 1 aromatic carbocycles. The highest BCUT2D eigenvalue weighted by molar-refractivity contribution is 9.10. The molecule has 0 radical (unpaired) electrons. The summed E-state index contributed by atoms with van der Waals surface area (Å²) in [7, 11) is 1.64. The molecule has 106 valence electrons. The maximum atomic E-state index is 5.67. The van der Waals surface area contributed by atoms with Crippen LogP contribution in [0.15, 0.2) is 16.6 Å². The van der Waals surface area contributed by atoms with Crippen LogP contribution >= 0.6 is 15.9 Å². The molecule has 0 aromatic heterocycles. The topological polar surface area (TPSA) is 49.0 Å². The lowest BCUT2D eigenvalue weighted by molar-refractivity contribution is 0.00343. The molecule has 1 heterocycles. The molecular weight excluding hydrogens is 314 g/mol.